The molecule has 1 heterocycles. The second-order valence-corrected chi connectivity index (χ2v) is 8.94. The summed E-state index contributed by atoms with van der Waals surface area (Å²) in [6.45, 7) is 0.388. The maximum absolute atomic E-state index is 12.4. The number of nitrogens with zero attached hydrogens (tertiary/aromatic N) is 2. The molecule has 10 heteroatoms. The van der Waals surface area contributed by atoms with Crippen LogP contribution in [0.4, 0.5) is 10.8 Å². The van der Waals surface area contributed by atoms with E-state index in [0.29, 0.717) is 37.9 Å². The highest BCUT2D eigenvalue weighted by molar-refractivity contribution is 9.10. The van der Waals surface area contributed by atoms with Crippen molar-refractivity contribution in [2.24, 2.45) is 0 Å². The molecule has 0 aliphatic heterocycles. The SMILES string of the molecule is COc1cc(/C=C/C(=O)Nc2nc3ccc([N+](=O)[O-])cc3s2)cc(Br)c1OCc1ccccc1. The quantitative estimate of drug-likeness (QED) is 0.162. The van der Waals surface area contributed by atoms with Gasteiger partial charge in [-0.2, -0.15) is 0 Å². The van der Waals surface area contributed by atoms with Crippen LogP contribution in [0.25, 0.3) is 16.3 Å². The van der Waals surface area contributed by atoms with Gasteiger partial charge in [0, 0.05) is 18.2 Å². The maximum atomic E-state index is 12.4. The number of aromatic nitrogens is 1. The van der Waals surface area contributed by atoms with Crippen LogP contribution in [0.15, 0.2) is 71.2 Å². The van der Waals surface area contributed by atoms with Crippen molar-refractivity contribution in [3.05, 3.63) is 92.5 Å². The molecule has 3 aromatic carbocycles. The smallest absolute Gasteiger partial charge is 0.270 e. The van der Waals surface area contributed by atoms with Crippen molar-refractivity contribution in [1.29, 1.82) is 0 Å². The minimum absolute atomic E-state index is 0.0235. The van der Waals surface area contributed by atoms with Gasteiger partial charge in [0.25, 0.3) is 5.69 Å². The molecule has 1 N–H and O–H groups in total. The molecule has 8 nitrogen and oxygen atoms in total. The molecule has 0 spiro atoms. The lowest BCUT2D eigenvalue weighted by Crippen LogP contribution is -2.07. The van der Waals surface area contributed by atoms with Crippen LogP contribution in [0.3, 0.4) is 0 Å². The van der Waals surface area contributed by atoms with Gasteiger partial charge in [0.05, 0.1) is 26.7 Å². The lowest BCUT2D eigenvalue weighted by molar-refractivity contribution is -0.384. The average Bonchev–Trinajstić information content (AvgIpc) is 3.23. The Labute approximate surface area is 207 Å². The van der Waals surface area contributed by atoms with E-state index in [2.05, 4.69) is 26.2 Å². The van der Waals surface area contributed by atoms with Crippen molar-refractivity contribution in [1.82, 2.24) is 4.98 Å². The zero-order valence-corrected chi connectivity index (χ0v) is 20.3. The van der Waals surface area contributed by atoms with Crippen molar-refractivity contribution < 1.29 is 19.2 Å². The van der Waals surface area contributed by atoms with Gasteiger partial charge in [0.1, 0.15) is 6.61 Å². The number of anilines is 1. The molecule has 4 aromatic rings. The monoisotopic (exact) mass is 539 g/mol. The van der Waals surface area contributed by atoms with E-state index in [0.717, 1.165) is 11.1 Å². The Morgan fingerprint density at radius 1 is 1.21 bits per heavy atom. The molecule has 0 atom stereocenters. The van der Waals surface area contributed by atoms with Crippen LogP contribution in [-0.4, -0.2) is 22.9 Å². The third-order valence-corrected chi connectivity index (χ3v) is 6.24. The topological polar surface area (TPSA) is 104 Å². The highest BCUT2D eigenvalue weighted by Crippen LogP contribution is 2.37. The lowest BCUT2D eigenvalue weighted by Gasteiger charge is -2.13. The first kappa shape index (κ1) is 23.4. The second-order valence-electron chi connectivity index (χ2n) is 7.06. The molecule has 4 rings (SSSR count). The Bertz CT molecular complexity index is 1390. The molecule has 0 radical (unpaired) electrons. The number of nitro benzene ring substituents is 1. The van der Waals surface area contributed by atoms with Crippen molar-refractivity contribution in [2.45, 2.75) is 6.61 Å². The first-order valence-corrected chi connectivity index (χ1v) is 11.6. The summed E-state index contributed by atoms with van der Waals surface area (Å²) < 4.78 is 12.7. The molecule has 172 valence electrons. The molecule has 0 aliphatic rings. The Morgan fingerprint density at radius 3 is 2.74 bits per heavy atom. The number of rotatable bonds is 8. The van der Waals surface area contributed by atoms with Crippen molar-refractivity contribution in [2.75, 3.05) is 12.4 Å². The summed E-state index contributed by atoms with van der Waals surface area (Å²) in [7, 11) is 1.55. The molecule has 0 aliphatic carbocycles. The van der Waals surface area contributed by atoms with Crippen LogP contribution in [0.1, 0.15) is 11.1 Å². The van der Waals surface area contributed by atoms with Crippen LogP contribution < -0.4 is 14.8 Å². The van der Waals surface area contributed by atoms with E-state index >= 15 is 0 Å². The van der Waals surface area contributed by atoms with Crippen molar-refractivity contribution >= 4 is 60.3 Å². The van der Waals surface area contributed by atoms with E-state index in [1.807, 2.05) is 36.4 Å². The zero-order chi connectivity index (χ0) is 24.1. The summed E-state index contributed by atoms with van der Waals surface area (Å²) in [6, 6.07) is 17.8. The summed E-state index contributed by atoms with van der Waals surface area (Å²) in [6.07, 6.45) is 3.02. The van der Waals surface area contributed by atoms with E-state index in [1.54, 1.807) is 25.3 Å². The van der Waals surface area contributed by atoms with Crippen molar-refractivity contribution in [3.63, 3.8) is 0 Å². The Hall–Kier alpha value is -3.76. The molecule has 34 heavy (non-hydrogen) atoms. The number of benzene rings is 3. The van der Waals surface area contributed by atoms with Gasteiger partial charge in [-0.3, -0.25) is 20.2 Å². The molecule has 0 saturated heterocycles. The number of nitrogens with one attached hydrogen (secondary N) is 1. The predicted octanol–water partition coefficient (Wildman–Crippen LogP) is 6.21. The summed E-state index contributed by atoms with van der Waals surface area (Å²) in [4.78, 5) is 27.2. The first-order valence-electron chi connectivity index (χ1n) is 10.0. The second kappa shape index (κ2) is 10.4. The third-order valence-electron chi connectivity index (χ3n) is 4.72. The fraction of sp³-hybridized carbons (Fsp3) is 0.0833. The first-order chi connectivity index (χ1) is 16.4. The number of fused-ring (bicyclic) bond motifs is 1. The van der Waals surface area contributed by atoms with Gasteiger partial charge in [-0.05, 0) is 51.3 Å². The number of methoxy groups -OCH3 is 1. The summed E-state index contributed by atoms with van der Waals surface area (Å²) in [5.74, 6) is 0.711. The van der Waals surface area contributed by atoms with Crippen LogP contribution in [0.2, 0.25) is 0 Å². The number of hydrogen-bond donors (Lipinski definition) is 1. The number of nitro groups is 1. The molecule has 0 bridgehead atoms. The highest BCUT2D eigenvalue weighted by atomic mass is 79.9. The fourth-order valence-electron chi connectivity index (χ4n) is 3.11. The minimum atomic E-state index is -0.468. The largest absolute Gasteiger partial charge is 0.493 e. The van der Waals surface area contributed by atoms with E-state index < -0.39 is 4.92 Å². The van der Waals surface area contributed by atoms with Gasteiger partial charge < -0.3 is 9.47 Å². The van der Waals surface area contributed by atoms with E-state index in [-0.39, 0.29) is 11.6 Å². The Morgan fingerprint density at radius 2 is 2.00 bits per heavy atom. The summed E-state index contributed by atoms with van der Waals surface area (Å²) in [5, 5.41) is 14.0. The number of halogens is 1. The van der Waals surface area contributed by atoms with Gasteiger partial charge >= 0.3 is 0 Å². The molecular weight excluding hydrogens is 522 g/mol. The van der Waals surface area contributed by atoms with Crippen LogP contribution >= 0.6 is 27.3 Å². The zero-order valence-electron chi connectivity index (χ0n) is 17.9. The molecular formula is C24H18BrN3O5S. The van der Waals surface area contributed by atoms with Gasteiger partial charge in [-0.25, -0.2) is 4.98 Å². The lowest BCUT2D eigenvalue weighted by atomic mass is 10.2. The number of hydrogen-bond acceptors (Lipinski definition) is 7. The number of carbonyl (C=O) groups excluding carboxylic acids is 1. The minimum Gasteiger partial charge on any atom is -0.493 e. The molecule has 1 aromatic heterocycles. The maximum Gasteiger partial charge on any atom is 0.270 e. The van der Waals surface area contributed by atoms with Gasteiger partial charge in [0.15, 0.2) is 16.6 Å². The van der Waals surface area contributed by atoms with Gasteiger partial charge in [0.2, 0.25) is 5.91 Å². The van der Waals surface area contributed by atoms with E-state index in [1.165, 1.54) is 29.5 Å². The van der Waals surface area contributed by atoms with Crippen LogP contribution in [0, 0.1) is 10.1 Å². The predicted molar refractivity (Wildman–Crippen MR) is 135 cm³/mol. The molecule has 1 amide bonds. The van der Waals surface area contributed by atoms with E-state index in [4.69, 9.17) is 9.47 Å². The van der Waals surface area contributed by atoms with Gasteiger partial charge in [-0.15, -0.1) is 0 Å². The van der Waals surface area contributed by atoms with Gasteiger partial charge in [-0.1, -0.05) is 41.7 Å². The van der Waals surface area contributed by atoms with Crippen LogP contribution in [-0.2, 0) is 11.4 Å². The van der Waals surface area contributed by atoms with E-state index in [9.17, 15) is 14.9 Å². The number of ether oxygens (including phenoxy) is 2. The highest BCUT2D eigenvalue weighted by Gasteiger charge is 2.13. The molecule has 0 saturated carbocycles. The average molecular weight is 540 g/mol. The van der Waals surface area contributed by atoms with Crippen LogP contribution in [0.5, 0.6) is 11.5 Å². The Kier molecular flexibility index (Phi) is 7.19. The number of thiazole rings is 1. The molecule has 0 unspecified atom stereocenters. The normalized spacial score (nSPS) is 11.0. The number of amides is 1. The fourth-order valence-corrected chi connectivity index (χ4v) is 4.58. The van der Waals surface area contributed by atoms with Crippen molar-refractivity contribution in [3.8, 4) is 11.5 Å². The Balaban J connectivity index is 1.45. The molecule has 0 fully saturated rings. The summed E-state index contributed by atoms with van der Waals surface area (Å²) >= 11 is 4.68. The standard InChI is InChI=1S/C24H18BrN3O5S/c1-32-20-12-16(11-18(25)23(20)33-14-15-5-3-2-4-6-15)7-10-22(29)27-24-26-19-9-8-17(28(30)31)13-21(19)34-24/h2-13H,14H2,1H3,(H,26,27,29)/b10-7+. The number of carbonyl (C=O) groups is 1. The number of non-ortho nitro benzene ring substituents is 1. The third kappa shape index (κ3) is 5.59. The summed E-state index contributed by atoms with van der Waals surface area (Å²) in [5.41, 5.74) is 2.31.